The van der Waals surface area contributed by atoms with E-state index in [4.69, 9.17) is 9.47 Å². The van der Waals surface area contributed by atoms with Crippen molar-refractivity contribution in [2.24, 2.45) is 5.92 Å². The largest absolute Gasteiger partial charge is 0.444 e. The number of carbonyl (C=O) groups excluding carboxylic acids is 2. The summed E-state index contributed by atoms with van der Waals surface area (Å²) in [6.07, 6.45) is 0.156. The molecule has 0 aromatic carbocycles. The Morgan fingerprint density at radius 3 is 2.47 bits per heavy atom. The number of rotatable bonds is 3. The third kappa shape index (κ3) is 3.87. The lowest BCUT2D eigenvalue weighted by molar-refractivity contribution is -0.117. The predicted molar refractivity (Wildman–Crippen MR) is 53.5 cm³/mol. The molecule has 1 amide bonds. The van der Waals surface area contributed by atoms with E-state index in [0.29, 0.717) is 13.2 Å². The van der Waals surface area contributed by atoms with Gasteiger partial charge in [-0.15, -0.1) is 0 Å². The lowest BCUT2D eigenvalue weighted by atomic mass is 10.00. The number of alkyl carbamates (subject to hydrolysis) is 1. The van der Waals surface area contributed by atoms with Crippen molar-refractivity contribution >= 4 is 12.4 Å². The summed E-state index contributed by atoms with van der Waals surface area (Å²) in [5.74, 6) is 0.0787. The minimum absolute atomic E-state index is 0.0787. The summed E-state index contributed by atoms with van der Waals surface area (Å²) < 4.78 is 9.99. The van der Waals surface area contributed by atoms with Crippen LogP contribution >= 0.6 is 0 Å². The highest BCUT2D eigenvalue weighted by Gasteiger charge is 2.30. The van der Waals surface area contributed by atoms with E-state index < -0.39 is 17.7 Å². The van der Waals surface area contributed by atoms with Crippen LogP contribution in [0.2, 0.25) is 0 Å². The Balaban J connectivity index is 2.37. The van der Waals surface area contributed by atoms with E-state index in [9.17, 15) is 9.59 Å². The fraction of sp³-hybridized carbons (Fsp3) is 0.800. The van der Waals surface area contributed by atoms with Crippen LogP contribution in [-0.4, -0.2) is 37.2 Å². The number of hydrogen-bond donors (Lipinski definition) is 1. The SMILES string of the molecule is CC(C)(C)OC(=O)NC(C=O)C1COC1. The van der Waals surface area contributed by atoms with Crippen molar-refractivity contribution in [3.05, 3.63) is 0 Å². The molecule has 86 valence electrons. The van der Waals surface area contributed by atoms with Crippen molar-refractivity contribution in [3.8, 4) is 0 Å². The number of amides is 1. The molecule has 1 unspecified atom stereocenters. The molecule has 1 heterocycles. The minimum Gasteiger partial charge on any atom is -0.444 e. The molecule has 1 aliphatic rings. The standard InChI is InChI=1S/C10H17NO4/c1-10(2,3)15-9(13)11-8(4-12)7-5-14-6-7/h4,7-8H,5-6H2,1-3H3,(H,11,13). The van der Waals surface area contributed by atoms with Gasteiger partial charge in [-0.3, -0.25) is 0 Å². The summed E-state index contributed by atoms with van der Waals surface area (Å²) in [5, 5.41) is 2.52. The van der Waals surface area contributed by atoms with E-state index in [1.165, 1.54) is 0 Å². The van der Waals surface area contributed by atoms with Crippen LogP contribution in [0, 0.1) is 5.92 Å². The lowest BCUT2D eigenvalue weighted by Gasteiger charge is -2.31. The molecule has 0 radical (unpaired) electrons. The summed E-state index contributed by atoms with van der Waals surface area (Å²) in [5.41, 5.74) is -0.548. The van der Waals surface area contributed by atoms with Crippen LogP contribution < -0.4 is 5.32 Å². The fourth-order valence-corrected chi connectivity index (χ4v) is 1.17. The third-order valence-corrected chi connectivity index (χ3v) is 2.00. The lowest BCUT2D eigenvalue weighted by Crippen LogP contribution is -2.50. The van der Waals surface area contributed by atoms with Gasteiger partial charge in [0.25, 0.3) is 0 Å². The topological polar surface area (TPSA) is 64.6 Å². The molecule has 0 bridgehead atoms. The van der Waals surface area contributed by atoms with Crippen molar-refractivity contribution < 1.29 is 19.1 Å². The predicted octanol–water partition coefficient (Wildman–Crippen LogP) is 0.725. The van der Waals surface area contributed by atoms with Gasteiger partial charge in [-0.1, -0.05) is 0 Å². The first-order chi connectivity index (χ1) is 6.92. The van der Waals surface area contributed by atoms with Crippen molar-refractivity contribution in [1.82, 2.24) is 5.32 Å². The summed E-state index contributed by atoms with van der Waals surface area (Å²) in [4.78, 5) is 22.1. The Morgan fingerprint density at radius 2 is 2.13 bits per heavy atom. The van der Waals surface area contributed by atoms with Crippen LogP contribution in [0.25, 0.3) is 0 Å². The molecular formula is C10H17NO4. The first-order valence-electron chi connectivity index (χ1n) is 4.95. The van der Waals surface area contributed by atoms with Gasteiger partial charge in [-0.25, -0.2) is 4.79 Å². The van der Waals surface area contributed by atoms with Crippen molar-refractivity contribution in [2.75, 3.05) is 13.2 Å². The molecule has 5 nitrogen and oxygen atoms in total. The molecule has 15 heavy (non-hydrogen) atoms. The van der Waals surface area contributed by atoms with Gasteiger partial charge in [0.05, 0.1) is 19.3 Å². The highest BCUT2D eigenvalue weighted by molar-refractivity contribution is 5.73. The second-order valence-corrected chi connectivity index (χ2v) is 4.61. The normalized spacial score (nSPS) is 18.9. The van der Waals surface area contributed by atoms with E-state index in [0.717, 1.165) is 6.29 Å². The molecule has 0 spiro atoms. The molecule has 0 aromatic heterocycles. The molecule has 0 saturated carbocycles. The van der Waals surface area contributed by atoms with Gasteiger partial charge in [0, 0.05) is 5.92 Å². The second-order valence-electron chi connectivity index (χ2n) is 4.61. The average Bonchev–Trinajstić information content (AvgIpc) is 1.95. The highest BCUT2D eigenvalue weighted by atomic mass is 16.6. The molecule has 0 aromatic rings. The Morgan fingerprint density at radius 1 is 1.53 bits per heavy atom. The van der Waals surface area contributed by atoms with Gasteiger partial charge in [0.2, 0.25) is 0 Å². The number of hydrogen-bond acceptors (Lipinski definition) is 4. The van der Waals surface area contributed by atoms with Gasteiger partial charge in [0.15, 0.2) is 0 Å². The molecule has 0 aliphatic carbocycles. The Bertz CT molecular complexity index is 242. The highest BCUT2D eigenvalue weighted by Crippen LogP contribution is 2.14. The molecule has 1 atom stereocenters. The van der Waals surface area contributed by atoms with Gasteiger partial charge in [0.1, 0.15) is 11.9 Å². The maximum atomic E-state index is 11.3. The Labute approximate surface area is 89.1 Å². The maximum absolute atomic E-state index is 11.3. The maximum Gasteiger partial charge on any atom is 0.408 e. The average molecular weight is 215 g/mol. The summed E-state index contributed by atoms with van der Waals surface area (Å²) in [6.45, 7) is 6.34. The minimum atomic E-state index is -0.563. The van der Waals surface area contributed by atoms with Crippen molar-refractivity contribution in [2.45, 2.75) is 32.4 Å². The first-order valence-corrected chi connectivity index (χ1v) is 4.95. The van der Waals surface area contributed by atoms with E-state index >= 15 is 0 Å². The quantitative estimate of drug-likeness (QED) is 0.705. The Kier molecular flexibility index (Phi) is 3.68. The van der Waals surface area contributed by atoms with Gasteiger partial charge in [-0.2, -0.15) is 0 Å². The second kappa shape index (κ2) is 4.61. The molecule has 5 heteroatoms. The summed E-state index contributed by atoms with van der Waals surface area (Å²) in [6, 6.07) is -0.506. The fourth-order valence-electron chi connectivity index (χ4n) is 1.17. The zero-order valence-electron chi connectivity index (χ0n) is 9.28. The molecule has 1 aliphatic heterocycles. The summed E-state index contributed by atoms with van der Waals surface area (Å²) >= 11 is 0. The van der Waals surface area contributed by atoms with Gasteiger partial charge >= 0.3 is 6.09 Å². The number of ether oxygens (including phenoxy) is 2. The van der Waals surface area contributed by atoms with E-state index in [2.05, 4.69) is 5.32 Å². The monoisotopic (exact) mass is 215 g/mol. The van der Waals surface area contributed by atoms with Crippen LogP contribution in [-0.2, 0) is 14.3 Å². The summed E-state index contributed by atoms with van der Waals surface area (Å²) in [7, 11) is 0. The van der Waals surface area contributed by atoms with Crippen LogP contribution in [0.3, 0.4) is 0 Å². The number of aldehydes is 1. The first kappa shape index (κ1) is 12.0. The molecule has 1 fully saturated rings. The number of nitrogens with one attached hydrogen (secondary N) is 1. The molecule has 1 saturated heterocycles. The zero-order valence-corrected chi connectivity index (χ0v) is 9.28. The van der Waals surface area contributed by atoms with Crippen LogP contribution in [0.1, 0.15) is 20.8 Å². The van der Waals surface area contributed by atoms with Crippen LogP contribution in [0.4, 0.5) is 4.79 Å². The van der Waals surface area contributed by atoms with E-state index in [1.807, 2.05) is 0 Å². The van der Waals surface area contributed by atoms with Crippen molar-refractivity contribution in [1.29, 1.82) is 0 Å². The van der Waals surface area contributed by atoms with E-state index in [-0.39, 0.29) is 5.92 Å². The smallest absolute Gasteiger partial charge is 0.408 e. The number of carbonyl (C=O) groups is 2. The van der Waals surface area contributed by atoms with E-state index in [1.54, 1.807) is 20.8 Å². The molecular weight excluding hydrogens is 198 g/mol. The van der Waals surface area contributed by atoms with Crippen molar-refractivity contribution in [3.63, 3.8) is 0 Å². The zero-order chi connectivity index (χ0) is 11.5. The molecule has 1 N–H and O–H groups in total. The van der Waals surface area contributed by atoms with Crippen LogP contribution in [0.5, 0.6) is 0 Å². The molecule has 1 rings (SSSR count). The Hall–Kier alpha value is -1.10. The van der Waals surface area contributed by atoms with Crippen LogP contribution in [0.15, 0.2) is 0 Å². The third-order valence-electron chi connectivity index (χ3n) is 2.00. The van der Waals surface area contributed by atoms with Gasteiger partial charge in [-0.05, 0) is 20.8 Å². The van der Waals surface area contributed by atoms with Gasteiger partial charge < -0.3 is 19.6 Å².